The number of carboxylic acids is 1. The minimum absolute atomic E-state index is 0. The largest absolute Gasteiger partial charge is 1.00 e. The van der Waals surface area contributed by atoms with E-state index >= 15 is 0 Å². The molecule has 602 valence electrons. The number of hydrogen-bond donors (Lipinski definition) is 7. The molecule has 0 unspecified atom stereocenters. The number of Topliss-reactive ketones (excluding diaryl/α,β-unsaturated/α-hetero) is 1. The van der Waals surface area contributed by atoms with Gasteiger partial charge >= 0.3 is 52.0 Å². The van der Waals surface area contributed by atoms with Crippen molar-refractivity contribution >= 4 is 162 Å². The van der Waals surface area contributed by atoms with Gasteiger partial charge in [-0.2, -0.15) is 15.3 Å². The molecule has 0 aliphatic heterocycles. The van der Waals surface area contributed by atoms with Crippen LogP contribution in [0.15, 0.2) is 243 Å². The quantitative estimate of drug-likeness (QED) is 0.0105. The fourth-order valence-corrected chi connectivity index (χ4v) is 11.7. The van der Waals surface area contributed by atoms with E-state index in [1.807, 2.05) is 175 Å². The van der Waals surface area contributed by atoms with E-state index in [-0.39, 0.29) is 94.1 Å². The number of nitrogens with zero attached hydrogens (tertiary/aromatic N) is 11. The molecule has 16 aromatic rings. The molecule has 0 atom stereocenters. The van der Waals surface area contributed by atoms with Crippen molar-refractivity contribution in [3.8, 4) is 11.4 Å². The van der Waals surface area contributed by atoms with E-state index in [1.54, 1.807) is 30.7 Å². The normalized spacial score (nSPS) is 10.2. The van der Waals surface area contributed by atoms with E-state index < -0.39 is 28.2 Å². The number of methoxy groups -OCH3 is 1. The van der Waals surface area contributed by atoms with Crippen LogP contribution < -0.4 is 47.2 Å². The second-order valence-electron chi connectivity index (χ2n) is 25.2. The van der Waals surface area contributed by atoms with Crippen LogP contribution in [0.3, 0.4) is 0 Å². The van der Waals surface area contributed by atoms with Gasteiger partial charge in [-0.05, 0) is 190 Å². The summed E-state index contributed by atoms with van der Waals surface area (Å²) >= 11 is 14.4. The fourth-order valence-electron chi connectivity index (χ4n) is 11.5. The van der Waals surface area contributed by atoms with Crippen LogP contribution >= 0.6 is 34.8 Å². The number of rotatable bonds is 18. The van der Waals surface area contributed by atoms with Crippen LogP contribution in [0.5, 0.6) is 0 Å². The van der Waals surface area contributed by atoms with Crippen molar-refractivity contribution < 1.29 is 79.9 Å². The molecule has 0 bridgehead atoms. The summed E-state index contributed by atoms with van der Waals surface area (Å²) < 4.78 is 10.5. The molecule has 7 aromatic carbocycles. The van der Waals surface area contributed by atoms with Crippen LogP contribution in [-0.2, 0) is 59.3 Å². The van der Waals surface area contributed by atoms with E-state index in [0.29, 0.717) is 16.7 Å². The molecule has 116 heavy (non-hydrogen) atoms. The molecular weight excluding hydrogens is 1550 g/mol. The van der Waals surface area contributed by atoms with Crippen LogP contribution in [0.1, 0.15) is 56.6 Å². The van der Waals surface area contributed by atoms with Crippen molar-refractivity contribution in [2.45, 2.75) is 53.5 Å². The Hall–Kier alpha value is -11.9. The second-order valence-corrected chi connectivity index (χ2v) is 26.3. The maximum Gasteiger partial charge on any atom is 1.00 e. The molecule has 2 amide bonds. The number of alkyl halides is 1. The predicted molar refractivity (Wildman–Crippen MR) is 461 cm³/mol. The Bertz CT molecular complexity index is 5740. The molecule has 9 aromatic heterocycles. The number of esters is 1. The number of ketones is 1. The summed E-state index contributed by atoms with van der Waals surface area (Å²) in [6, 6.07) is 67.5. The number of carboxylic acid groups (broad SMARTS) is 1. The number of hydrogen-bond acceptors (Lipinski definition) is 17. The van der Waals surface area contributed by atoms with E-state index in [9.17, 15) is 33.6 Å². The Morgan fingerprint density at radius 1 is 0.534 bits per heavy atom. The third kappa shape index (κ3) is 27.4. The summed E-state index contributed by atoms with van der Waals surface area (Å²) in [4.78, 5) is 95.3. The molecule has 27 nitrogen and oxygen atoms in total. The SMILES string of the molecule is C.C.CN(C)CCCCl.CN(C)CCCn1nc(CC(N)=O)c2ccccc21.COC(=O)C(=O)c1cn(-c2ccc3ccccc3c2)c2ncccc12.N.NC(=O)Cc1[nH]nc2ccccc12.O.O=C(Cl)C(=O)Cl.O=C(O)Cc1[nH]nc2ccccc12.[H-].[Na+].c1ccc2cc(-n3ccc4cccnc43)ccc2c1.c1cnc2[nH]ccc2c1. The topological polar surface area (TPSA) is 413 Å². The zero-order valence-corrected chi connectivity index (χ0v) is 67.9. The number of carbonyl (C=O) groups excluding carboxylic acids is 6. The molecule has 0 saturated carbocycles. The number of pyridine rings is 3. The van der Waals surface area contributed by atoms with Crippen molar-refractivity contribution in [3.63, 3.8) is 0 Å². The summed E-state index contributed by atoms with van der Waals surface area (Å²) in [6.45, 7) is 2.96. The minimum atomic E-state index is -1.14. The summed E-state index contributed by atoms with van der Waals surface area (Å²) in [5, 5.41) is 34.9. The number of primary amides is 2. The van der Waals surface area contributed by atoms with Gasteiger partial charge in [0.1, 0.15) is 16.9 Å². The second kappa shape index (κ2) is 48.4. The zero-order valence-electron chi connectivity index (χ0n) is 64.6. The van der Waals surface area contributed by atoms with Crippen molar-refractivity contribution in [3.05, 3.63) is 266 Å². The van der Waals surface area contributed by atoms with Gasteiger partial charge in [0.15, 0.2) is 0 Å². The molecule has 9 heterocycles. The smallest absolute Gasteiger partial charge is 1.00 e. The van der Waals surface area contributed by atoms with Gasteiger partial charge in [0, 0.05) is 93.3 Å². The minimum Gasteiger partial charge on any atom is -1.00 e. The van der Waals surface area contributed by atoms with Crippen molar-refractivity contribution in [1.29, 1.82) is 0 Å². The molecule has 0 aliphatic carbocycles. The standard InChI is InChI=1S/C20H14N2O3.C17H12N2.C14H20N4O.C9H9N3O.C9H8N2O2.C7H6N2.C5H12ClN.C2Cl2O2.2CH4.H3N.Na.H2O.H/c1-25-20(24)18(23)17-12-22(19-16(17)7-4-10-21-19)15-9-8-13-5-2-3-6-14(13)11-15;1-2-5-15-12-16(8-7-13(15)4-1)19-11-9-14-6-3-10-18-17(14)19;1-17(2)8-5-9-18-13-7-4-3-6-11(13)12(16-18)10-14(15)19;10-9(13)5-8-6-3-1-2-4-7(6)11-12-8;12-9(13)5-8-6-3-1-2-4-7(6)10-11-8;1-2-6-3-5-9-7(6)8-4-1;1-7(2)5-3-4-6;3-1(5)2(4)6;;;;;;/h2-12H,1H3;1-12H;3-4,6-7H,5,8-10H2,1-2H3,(H2,15,19);1-4H,5H2,(H2,10,13)(H,11,12);1-4H,5H2,(H,10,11)(H,12,13);1-5H,(H,8,9);3-5H2,1-2H3;;2*1H4;1H3;;1H2;/q;;;;;;;;;;;+1;;-1. The Morgan fingerprint density at radius 2 is 1.01 bits per heavy atom. The van der Waals surface area contributed by atoms with Gasteiger partial charge in [-0.25, -0.2) is 19.7 Å². The first-order valence-corrected chi connectivity index (χ1v) is 36.1. The van der Waals surface area contributed by atoms with Gasteiger partial charge in [-0.3, -0.25) is 43.6 Å². The van der Waals surface area contributed by atoms with Gasteiger partial charge < -0.3 is 58.3 Å². The average molecular weight is 1640 g/mol. The fraction of sp³-hybridized carbons (Fsp3) is 0.188. The number of para-hydroxylation sites is 3. The Morgan fingerprint density at radius 3 is 1.53 bits per heavy atom. The Kier molecular flexibility index (Phi) is 40.2. The van der Waals surface area contributed by atoms with Crippen LogP contribution in [0.2, 0.25) is 0 Å². The monoisotopic (exact) mass is 1640 g/mol. The van der Waals surface area contributed by atoms with Crippen LogP contribution in [-0.4, -0.2) is 174 Å². The molecule has 0 aliphatic rings. The number of benzene rings is 7. The van der Waals surface area contributed by atoms with Crippen LogP contribution in [0.4, 0.5) is 0 Å². The van der Waals surface area contributed by atoms with Gasteiger partial charge in [-0.1, -0.05) is 130 Å². The van der Waals surface area contributed by atoms with Gasteiger partial charge in [0.2, 0.25) is 11.8 Å². The molecule has 0 radical (unpaired) electrons. The number of nitrogens with two attached hydrogens (primary N) is 2. The molecule has 31 heteroatoms. The summed E-state index contributed by atoms with van der Waals surface area (Å²) in [6.07, 6.45) is 13.4. The van der Waals surface area contributed by atoms with Crippen molar-refractivity contribution in [2.24, 2.45) is 11.5 Å². The first-order valence-electron chi connectivity index (χ1n) is 34.8. The van der Waals surface area contributed by atoms with E-state index in [0.717, 1.165) is 127 Å². The van der Waals surface area contributed by atoms with Crippen LogP contribution in [0.25, 0.3) is 98.7 Å². The average Bonchev–Trinajstić information content (AvgIpc) is 1.63. The van der Waals surface area contributed by atoms with Crippen LogP contribution in [0, 0.1) is 0 Å². The zero-order chi connectivity index (χ0) is 79.3. The maximum atomic E-state index is 12.3. The Balaban J connectivity index is 0.000000355. The molecular formula is C85H95Cl3N17NaO10. The van der Waals surface area contributed by atoms with Crippen molar-refractivity contribution in [2.75, 3.05) is 54.3 Å². The number of aromatic nitrogens is 12. The molecule has 0 saturated heterocycles. The van der Waals surface area contributed by atoms with E-state index in [1.165, 1.54) is 17.9 Å². The molecule has 0 spiro atoms. The number of carbonyl (C=O) groups is 7. The number of aromatic amines is 3. The number of amides is 2. The first-order chi connectivity index (χ1) is 53.6. The Labute approximate surface area is 709 Å². The summed E-state index contributed by atoms with van der Waals surface area (Å²) in [7, 11) is 9.40. The van der Waals surface area contributed by atoms with E-state index in [2.05, 4.69) is 163 Å². The van der Waals surface area contributed by atoms with Gasteiger partial charge in [0.05, 0.1) is 65.6 Å². The molecule has 13 N–H and O–H groups in total. The van der Waals surface area contributed by atoms with Crippen molar-refractivity contribution in [1.82, 2.24) is 75.2 Å². The number of ether oxygens (including phenoxy) is 1. The predicted octanol–water partition coefficient (Wildman–Crippen LogP) is 11.5. The number of fused-ring (bicyclic) bond motifs is 8. The number of halogens is 3. The summed E-state index contributed by atoms with van der Waals surface area (Å²) in [5.74, 6) is -2.34. The third-order valence-corrected chi connectivity index (χ3v) is 17.4. The first kappa shape index (κ1) is 96.5. The third-order valence-electron chi connectivity index (χ3n) is 16.7. The number of H-pyrrole nitrogens is 3. The number of nitrogens with one attached hydrogen (secondary N) is 3. The number of aryl methyl sites for hydroxylation is 1. The maximum absolute atomic E-state index is 12.3. The van der Waals surface area contributed by atoms with E-state index in [4.69, 9.17) is 28.2 Å². The van der Waals surface area contributed by atoms with Gasteiger partial charge in [-0.15, -0.1) is 11.6 Å². The molecule has 0 fully saturated rings. The number of aliphatic carboxylic acids is 1. The van der Waals surface area contributed by atoms with Gasteiger partial charge in [0.25, 0.3) is 5.78 Å². The summed E-state index contributed by atoms with van der Waals surface area (Å²) in [5.41, 5.74) is 20.2. The molecule has 16 rings (SSSR count).